The van der Waals surface area contributed by atoms with Gasteiger partial charge in [0.1, 0.15) is 0 Å². The monoisotopic (exact) mass is 313 g/mol. The van der Waals surface area contributed by atoms with Crippen molar-refractivity contribution >= 4 is 26.0 Å². The molecule has 2 unspecified atom stereocenters. The summed E-state index contributed by atoms with van der Waals surface area (Å²) in [6.07, 6.45) is 3.35. The van der Waals surface area contributed by atoms with E-state index in [4.69, 9.17) is 4.74 Å². The first-order valence-corrected chi connectivity index (χ1v) is 8.52. The average Bonchev–Trinajstić information content (AvgIpc) is 2.68. The van der Waals surface area contributed by atoms with Crippen LogP contribution in [0, 0.1) is 0 Å². The molecule has 2 atom stereocenters. The maximum absolute atomic E-state index is 11.8. The van der Waals surface area contributed by atoms with Crippen molar-refractivity contribution < 1.29 is 13.2 Å². The Morgan fingerprint density at radius 2 is 2.31 bits per heavy atom. The SMILES string of the molecule is CCC(CCBr)NS(=O)(=O)CC1CCCO1. The number of halogens is 1. The van der Waals surface area contributed by atoms with E-state index in [1.165, 1.54) is 0 Å². The van der Waals surface area contributed by atoms with Crippen molar-refractivity contribution in [2.24, 2.45) is 0 Å². The van der Waals surface area contributed by atoms with Crippen molar-refractivity contribution in [3.05, 3.63) is 0 Å². The second-order valence-corrected chi connectivity index (χ2v) is 6.71. The van der Waals surface area contributed by atoms with Gasteiger partial charge >= 0.3 is 0 Å². The van der Waals surface area contributed by atoms with Crippen LogP contribution in [0.4, 0.5) is 0 Å². The summed E-state index contributed by atoms with van der Waals surface area (Å²) in [5.74, 6) is 0.103. The van der Waals surface area contributed by atoms with Gasteiger partial charge in [-0.3, -0.25) is 0 Å². The number of nitrogens with one attached hydrogen (secondary N) is 1. The first-order chi connectivity index (χ1) is 7.57. The van der Waals surface area contributed by atoms with E-state index < -0.39 is 10.0 Å². The van der Waals surface area contributed by atoms with Gasteiger partial charge in [0.05, 0.1) is 11.9 Å². The maximum atomic E-state index is 11.8. The highest BCUT2D eigenvalue weighted by molar-refractivity contribution is 9.09. The van der Waals surface area contributed by atoms with Crippen molar-refractivity contribution in [1.82, 2.24) is 4.72 Å². The zero-order valence-corrected chi connectivity index (χ0v) is 12.0. The highest BCUT2D eigenvalue weighted by Gasteiger charge is 2.24. The van der Waals surface area contributed by atoms with Gasteiger partial charge in [0.2, 0.25) is 10.0 Å². The molecule has 1 fully saturated rings. The lowest BCUT2D eigenvalue weighted by Crippen LogP contribution is -2.39. The fourth-order valence-electron chi connectivity index (χ4n) is 1.80. The summed E-state index contributed by atoms with van der Waals surface area (Å²) in [6, 6.07) is 0.0331. The molecule has 0 spiro atoms. The van der Waals surface area contributed by atoms with Gasteiger partial charge in [-0.05, 0) is 25.7 Å². The van der Waals surface area contributed by atoms with Crippen LogP contribution in [0.5, 0.6) is 0 Å². The maximum Gasteiger partial charge on any atom is 0.214 e. The summed E-state index contributed by atoms with van der Waals surface area (Å²) < 4.78 is 31.7. The van der Waals surface area contributed by atoms with Gasteiger partial charge in [-0.25, -0.2) is 13.1 Å². The second-order valence-electron chi connectivity index (χ2n) is 4.12. The Hall–Kier alpha value is 0.350. The molecule has 16 heavy (non-hydrogen) atoms. The van der Waals surface area contributed by atoms with Crippen LogP contribution in [-0.2, 0) is 14.8 Å². The first kappa shape index (κ1) is 14.4. The van der Waals surface area contributed by atoms with Crippen molar-refractivity contribution in [3.63, 3.8) is 0 Å². The molecule has 1 N–H and O–H groups in total. The predicted octanol–water partition coefficient (Wildman–Crippen LogP) is 1.65. The van der Waals surface area contributed by atoms with Crippen LogP contribution in [0.2, 0.25) is 0 Å². The van der Waals surface area contributed by atoms with Crippen LogP contribution in [0.1, 0.15) is 32.6 Å². The third kappa shape index (κ3) is 5.12. The molecule has 0 aliphatic carbocycles. The molecule has 0 amide bonds. The number of hydrogen-bond acceptors (Lipinski definition) is 3. The molecular weight excluding hydrogens is 294 g/mol. The molecule has 0 aromatic carbocycles. The molecule has 0 radical (unpaired) electrons. The van der Waals surface area contributed by atoms with Crippen LogP contribution in [0.3, 0.4) is 0 Å². The fraction of sp³-hybridized carbons (Fsp3) is 1.00. The molecule has 6 heteroatoms. The number of ether oxygens (including phenoxy) is 1. The predicted molar refractivity (Wildman–Crippen MR) is 68.4 cm³/mol. The van der Waals surface area contributed by atoms with E-state index >= 15 is 0 Å². The van der Waals surface area contributed by atoms with Crippen LogP contribution in [0.15, 0.2) is 0 Å². The van der Waals surface area contributed by atoms with Crippen molar-refractivity contribution in [3.8, 4) is 0 Å². The minimum absolute atomic E-state index is 0.0331. The number of sulfonamides is 1. The smallest absolute Gasteiger partial charge is 0.214 e. The summed E-state index contributed by atoms with van der Waals surface area (Å²) in [4.78, 5) is 0. The van der Waals surface area contributed by atoms with E-state index in [1.54, 1.807) is 0 Å². The quantitative estimate of drug-likeness (QED) is 0.727. The zero-order valence-electron chi connectivity index (χ0n) is 9.62. The largest absolute Gasteiger partial charge is 0.377 e. The summed E-state index contributed by atoms with van der Waals surface area (Å²) in [5, 5.41) is 0.813. The zero-order chi connectivity index (χ0) is 12.0. The molecule has 1 heterocycles. The van der Waals surface area contributed by atoms with Crippen molar-refractivity contribution in [2.75, 3.05) is 17.7 Å². The van der Waals surface area contributed by atoms with E-state index in [0.717, 1.165) is 31.0 Å². The molecule has 1 aliphatic heterocycles. The molecule has 4 nitrogen and oxygen atoms in total. The van der Waals surface area contributed by atoms with Crippen LogP contribution in [0.25, 0.3) is 0 Å². The van der Waals surface area contributed by atoms with Crippen LogP contribution in [-0.4, -0.2) is 38.3 Å². The van der Waals surface area contributed by atoms with Gasteiger partial charge in [-0.2, -0.15) is 0 Å². The van der Waals surface area contributed by atoms with Crippen molar-refractivity contribution in [1.29, 1.82) is 0 Å². The van der Waals surface area contributed by atoms with Crippen LogP contribution >= 0.6 is 15.9 Å². The Kier molecular flexibility index (Phi) is 6.25. The molecule has 0 saturated carbocycles. The molecule has 0 bridgehead atoms. The van der Waals surface area contributed by atoms with E-state index in [9.17, 15) is 8.42 Å². The second kappa shape index (κ2) is 6.93. The van der Waals surface area contributed by atoms with Crippen molar-refractivity contribution in [2.45, 2.75) is 44.8 Å². The Labute approximate surface area is 106 Å². The average molecular weight is 314 g/mol. The summed E-state index contributed by atoms with van der Waals surface area (Å²) in [7, 11) is -3.19. The molecule has 1 rings (SSSR count). The topological polar surface area (TPSA) is 55.4 Å². The molecule has 96 valence electrons. The van der Waals surface area contributed by atoms with Gasteiger partial charge in [0.25, 0.3) is 0 Å². The molecular formula is C10H20BrNO3S. The minimum atomic E-state index is -3.19. The highest BCUT2D eigenvalue weighted by Crippen LogP contribution is 2.14. The van der Waals surface area contributed by atoms with E-state index in [1.807, 2.05) is 6.92 Å². The van der Waals surface area contributed by atoms with Gasteiger partial charge in [-0.15, -0.1) is 0 Å². The number of alkyl halides is 1. The van der Waals surface area contributed by atoms with Gasteiger partial charge in [0, 0.05) is 18.0 Å². The Morgan fingerprint density at radius 3 is 2.81 bits per heavy atom. The van der Waals surface area contributed by atoms with E-state index in [-0.39, 0.29) is 17.9 Å². The summed E-state index contributed by atoms with van der Waals surface area (Å²) in [5.41, 5.74) is 0. The molecule has 1 saturated heterocycles. The lowest BCUT2D eigenvalue weighted by atomic mass is 10.2. The fourth-order valence-corrected chi connectivity index (χ4v) is 3.99. The van der Waals surface area contributed by atoms with Crippen LogP contribution < -0.4 is 4.72 Å². The molecule has 1 aliphatic rings. The molecule has 0 aromatic rings. The number of rotatable bonds is 7. The first-order valence-electron chi connectivity index (χ1n) is 5.75. The normalized spacial score (nSPS) is 23.5. The third-order valence-electron chi connectivity index (χ3n) is 2.73. The van der Waals surface area contributed by atoms with Gasteiger partial charge in [0.15, 0.2) is 0 Å². The van der Waals surface area contributed by atoms with Gasteiger partial charge < -0.3 is 4.74 Å². The number of hydrogen-bond donors (Lipinski definition) is 1. The summed E-state index contributed by atoms with van der Waals surface area (Å²) >= 11 is 3.33. The Balaban J connectivity index is 2.42. The third-order valence-corrected chi connectivity index (χ3v) is 4.69. The lowest BCUT2D eigenvalue weighted by Gasteiger charge is -2.17. The Morgan fingerprint density at radius 1 is 1.56 bits per heavy atom. The van der Waals surface area contributed by atoms with E-state index in [0.29, 0.717) is 6.61 Å². The molecule has 0 aromatic heterocycles. The minimum Gasteiger partial charge on any atom is -0.377 e. The van der Waals surface area contributed by atoms with E-state index in [2.05, 4.69) is 20.7 Å². The Bertz CT molecular complexity index is 288. The lowest BCUT2D eigenvalue weighted by molar-refractivity contribution is 0.127. The highest BCUT2D eigenvalue weighted by atomic mass is 79.9. The standard InChI is InChI=1S/C10H20BrNO3S/c1-2-9(5-6-11)12-16(13,14)8-10-4-3-7-15-10/h9-10,12H,2-8H2,1H3. The summed E-state index contributed by atoms with van der Waals surface area (Å²) in [6.45, 7) is 2.68. The van der Waals surface area contributed by atoms with Gasteiger partial charge in [-0.1, -0.05) is 22.9 Å².